The van der Waals surface area contributed by atoms with E-state index in [4.69, 9.17) is 0 Å². The SMILES string of the molecule is OCC1(Cc2ccc(F)cc2F)CCCN(Cc2cn[nH]c2-c2ccccc2)C1. The van der Waals surface area contributed by atoms with Crippen LogP contribution < -0.4 is 0 Å². The summed E-state index contributed by atoms with van der Waals surface area (Å²) in [5.74, 6) is -1.13. The number of hydrogen-bond donors (Lipinski definition) is 2. The molecule has 1 unspecified atom stereocenters. The maximum atomic E-state index is 14.2. The van der Waals surface area contributed by atoms with Crippen molar-refractivity contribution in [2.24, 2.45) is 5.41 Å². The second kappa shape index (κ2) is 8.43. The third-order valence-corrected chi connectivity index (χ3v) is 5.83. The van der Waals surface area contributed by atoms with Gasteiger partial charge in [-0.25, -0.2) is 8.78 Å². The molecule has 152 valence electrons. The van der Waals surface area contributed by atoms with Crippen LogP contribution in [0.5, 0.6) is 0 Å². The van der Waals surface area contributed by atoms with Crippen LogP contribution in [0.4, 0.5) is 8.78 Å². The lowest BCUT2D eigenvalue weighted by molar-refractivity contribution is 0.0283. The monoisotopic (exact) mass is 397 g/mol. The normalized spacial score (nSPS) is 20.1. The minimum Gasteiger partial charge on any atom is -0.396 e. The summed E-state index contributed by atoms with van der Waals surface area (Å²) >= 11 is 0. The Bertz CT molecular complexity index is 960. The van der Waals surface area contributed by atoms with Gasteiger partial charge in [-0.15, -0.1) is 0 Å². The number of rotatable bonds is 6. The number of benzene rings is 2. The summed E-state index contributed by atoms with van der Waals surface area (Å²) in [6.45, 7) is 2.23. The molecule has 2 heterocycles. The van der Waals surface area contributed by atoms with Gasteiger partial charge in [-0.2, -0.15) is 5.10 Å². The first-order chi connectivity index (χ1) is 14.1. The summed E-state index contributed by atoms with van der Waals surface area (Å²) in [6.07, 6.45) is 3.97. The summed E-state index contributed by atoms with van der Waals surface area (Å²) in [7, 11) is 0. The second-order valence-electron chi connectivity index (χ2n) is 8.02. The highest BCUT2D eigenvalue weighted by molar-refractivity contribution is 5.62. The molecule has 3 aromatic rings. The number of halogens is 2. The highest BCUT2D eigenvalue weighted by Crippen LogP contribution is 2.35. The highest BCUT2D eigenvalue weighted by Gasteiger charge is 2.36. The van der Waals surface area contributed by atoms with Gasteiger partial charge in [0.15, 0.2) is 0 Å². The standard InChI is InChI=1S/C23H25F2N3O/c24-20-8-7-18(21(25)11-20)12-23(16-29)9-4-10-28(15-23)14-19-13-26-27-22(19)17-5-2-1-3-6-17/h1-3,5-8,11,13,29H,4,9-10,12,14-16H2,(H,26,27). The lowest BCUT2D eigenvalue weighted by Gasteiger charge is -2.42. The zero-order chi connectivity index (χ0) is 20.3. The van der Waals surface area contributed by atoms with E-state index in [1.165, 1.54) is 12.1 Å². The molecule has 4 rings (SSSR count). The van der Waals surface area contributed by atoms with Crippen LogP contribution in [0, 0.1) is 17.0 Å². The average Bonchev–Trinajstić information content (AvgIpc) is 3.19. The minimum atomic E-state index is -0.581. The molecular weight excluding hydrogens is 372 g/mol. The average molecular weight is 397 g/mol. The molecule has 1 atom stereocenters. The van der Waals surface area contributed by atoms with E-state index in [1.807, 2.05) is 36.5 Å². The van der Waals surface area contributed by atoms with Crippen LogP contribution >= 0.6 is 0 Å². The Morgan fingerprint density at radius 2 is 1.93 bits per heavy atom. The molecule has 6 heteroatoms. The molecule has 29 heavy (non-hydrogen) atoms. The molecule has 1 saturated heterocycles. The van der Waals surface area contributed by atoms with Crippen LogP contribution in [-0.4, -0.2) is 39.9 Å². The van der Waals surface area contributed by atoms with Crippen molar-refractivity contribution >= 4 is 0 Å². The second-order valence-corrected chi connectivity index (χ2v) is 8.02. The summed E-state index contributed by atoms with van der Waals surface area (Å²) in [5, 5.41) is 17.5. The fourth-order valence-corrected chi connectivity index (χ4v) is 4.37. The fourth-order valence-electron chi connectivity index (χ4n) is 4.37. The molecular formula is C23H25F2N3O. The first kappa shape index (κ1) is 19.7. The summed E-state index contributed by atoms with van der Waals surface area (Å²) < 4.78 is 27.5. The van der Waals surface area contributed by atoms with Gasteiger partial charge in [-0.3, -0.25) is 10.00 Å². The molecule has 0 saturated carbocycles. The van der Waals surface area contributed by atoms with Crippen molar-refractivity contribution in [1.29, 1.82) is 0 Å². The zero-order valence-electron chi connectivity index (χ0n) is 16.2. The Balaban J connectivity index is 1.51. The Labute approximate surface area is 169 Å². The van der Waals surface area contributed by atoms with Gasteiger partial charge in [0.1, 0.15) is 11.6 Å². The van der Waals surface area contributed by atoms with Crippen LogP contribution in [0.2, 0.25) is 0 Å². The van der Waals surface area contributed by atoms with E-state index in [2.05, 4.69) is 15.1 Å². The molecule has 0 aliphatic carbocycles. The molecule has 2 N–H and O–H groups in total. The van der Waals surface area contributed by atoms with Gasteiger partial charge in [0, 0.05) is 30.1 Å². The van der Waals surface area contributed by atoms with Gasteiger partial charge in [0.2, 0.25) is 0 Å². The molecule has 1 aliphatic heterocycles. The molecule has 1 aliphatic rings. The maximum absolute atomic E-state index is 14.2. The van der Waals surface area contributed by atoms with Crippen molar-refractivity contribution in [1.82, 2.24) is 15.1 Å². The van der Waals surface area contributed by atoms with Crippen molar-refractivity contribution in [3.8, 4) is 11.3 Å². The third kappa shape index (κ3) is 4.38. The van der Waals surface area contributed by atoms with E-state index in [-0.39, 0.29) is 6.61 Å². The number of aliphatic hydroxyl groups excluding tert-OH is 1. The van der Waals surface area contributed by atoms with Crippen molar-refractivity contribution in [2.45, 2.75) is 25.8 Å². The van der Waals surface area contributed by atoms with Crippen LogP contribution in [0.15, 0.2) is 54.7 Å². The number of piperidine rings is 1. The number of nitrogens with zero attached hydrogens (tertiary/aromatic N) is 2. The number of likely N-dealkylation sites (tertiary alicyclic amines) is 1. The quantitative estimate of drug-likeness (QED) is 0.656. The highest BCUT2D eigenvalue weighted by atomic mass is 19.1. The van der Waals surface area contributed by atoms with E-state index < -0.39 is 17.0 Å². The third-order valence-electron chi connectivity index (χ3n) is 5.83. The molecule has 0 bridgehead atoms. The minimum absolute atomic E-state index is 0.0305. The number of nitrogens with one attached hydrogen (secondary N) is 1. The summed E-state index contributed by atoms with van der Waals surface area (Å²) in [4.78, 5) is 2.29. The van der Waals surface area contributed by atoms with Crippen molar-refractivity contribution in [3.63, 3.8) is 0 Å². The lowest BCUT2D eigenvalue weighted by Crippen LogP contribution is -2.46. The fraction of sp³-hybridized carbons (Fsp3) is 0.348. The van der Waals surface area contributed by atoms with E-state index in [9.17, 15) is 13.9 Å². The van der Waals surface area contributed by atoms with Gasteiger partial charge < -0.3 is 5.11 Å². The summed E-state index contributed by atoms with van der Waals surface area (Å²) in [5.41, 5.74) is 3.19. The number of aliphatic hydroxyl groups is 1. The first-order valence-corrected chi connectivity index (χ1v) is 9.93. The molecule has 4 nitrogen and oxygen atoms in total. The lowest BCUT2D eigenvalue weighted by atomic mass is 9.75. The Kier molecular flexibility index (Phi) is 5.74. The number of hydrogen-bond acceptors (Lipinski definition) is 3. The molecule has 1 fully saturated rings. The van der Waals surface area contributed by atoms with Gasteiger partial charge in [0.05, 0.1) is 18.5 Å². The topological polar surface area (TPSA) is 52.1 Å². The molecule has 0 amide bonds. The van der Waals surface area contributed by atoms with Gasteiger partial charge in [0.25, 0.3) is 0 Å². The number of aromatic nitrogens is 2. The number of H-pyrrole nitrogens is 1. The van der Waals surface area contributed by atoms with E-state index in [0.29, 0.717) is 25.1 Å². The van der Waals surface area contributed by atoms with Crippen molar-refractivity contribution in [2.75, 3.05) is 19.7 Å². The van der Waals surface area contributed by atoms with Gasteiger partial charge >= 0.3 is 0 Å². The van der Waals surface area contributed by atoms with E-state index >= 15 is 0 Å². The van der Waals surface area contributed by atoms with Crippen molar-refractivity contribution < 1.29 is 13.9 Å². The van der Waals surface area contributed by atoms with E-state index in [1.54, 1.807) is 0 Å². The van der Waals surface area contributed by atoms with Crippen LogP contribution in [0.3, 0.4) is 0 Å². The van der Waals surface area contributed by atoms with Crippen molar-refractivity contribution in [3.05, 3.63) is 77.5 Å². The van der Waals surface area contributed by atoms with Gasteiger partial charge in [-0.05, 0) is 43.0 Å². The Hall–Kier alpha value is -2.57. The predicted octanol–water partition coefficient (Wildman–Crippen LogP) is 4.17. The largest absolute Gasteiger partial charge is 0.396 e. The first-order valence-electron chi connectivity index (χ1n) is 9.93. The zero-order valence-corrected chi connectivity index (χ0v) is 16.2. The predicted molar refractivity (Wildman–Crippen MR) is 108 cm³/mol. The molecule has 2 aromatic carbocycles. The number of aromatic amines is 1. The maximum Gasteiger partial charge on any atom is 0.129 e. The molecule has 1 aromatic heterocycles. The van der Waals surface area contributed by atoms with Crippen LogP contribution in [0.25, 0.3) is 11.3 Å². The van der Waals surface area contributed by atoms with Crippen LogP contribution in [0.1, 0.15) is 24.0 Å². The molecule has 0 spiro atoms. The molecule has 0 radical (unpaired) electrons. The van der Waals surface area contributed by atoms with Crippen LogP contribution in [-0.2, 0) is 13.0 Å². The summed E-state index contributed by atoms with van der Waals surface area (Å²) in [6, 6.07) is 13.7. The Morgan fingerprint density at radius 3 is 2.69 bits per heavy atom. The van der Waals surface area contributed by atoms with E-state index in [0.717, 1.165) is 42.3 Å². The van der Waals surface area contributed by atoms with Gasteiger partial charge in [-0.1, -0.05) is 36.4 Å². The smallest absolute Gasteiger partial charge is 0.129 e. The Morgan fingerprint density at radius 1 is 1.10 bits per heavy atom.